The normalized spacial score (nSPS) is 11.1. The first-order valence-corrected chi connectivity index (χ1v) is 11.6. The number of carbonyl (C=O) groups excluding carboxylic acids is 1. The van der Waals surface area contributed by atoms with Crippen LogP contribution < -0.4 is 5.32 Å². The van der Waals surface area contributed by atoms with E-state index in [-0.39, 0.29) is 5.91 Å². The molecule has 2 aromatic heterocycles. The number of hydrogen-bond acceptors (Lipinski definition) is 4. The molecule has 1 amide bonds. The molecule has 2 aromatic carbocycles. The van der Waals surface area contributed by atoms with Crippen LogP contribution in [-0.2, 0) is 17.6 Å². The maximum absolute atomic E-state index is 12.6. The van der Waals surface area contributed by atoms with Crippen molar-refractivity contribution in [2.24, 2.45) is 0 Å². The Morgan fingerprint density at radius 3 is 2.52 bits per heavy atom. The van der Waals surface area contributed by atoms with E-state index in [1.54, 1.807) is 11.8 Å². The van der Waals surface area contributed by atoms with Crippen molar-refractivity contribution in [1.29, 1.82) is 0 Å². The van der Waals surface area contributed by atoms with E-state index in [4.69, 9.17) is 10.1 Å². The summed E-state index contributed by atoms with van der Waals surface area (Å²) in [6.45, 7) is 4.57. The first-order valence-electron chi connectivity index (χ1n) is 10.4. The number of hydrogen-bond donors (Lipinski definition) is 1. The second-order valence-electron chi connectivity index (χ2n) is 7.55. The maximum atomic E-state index is 12.6. The monoisotopic (exact) mass is 430 g/mol. The molecule has 4 aromatic rings. The predicted octanol–water partition coefficient (Wildman–Crippen LogP) is 4.64. The lowest BCUT2D eigenvalue weighted by Gasteiger charge is -2.11. The average molecular weight is 431 g/mol. The number of aryl methyl sites for hydroxylation is 2. The van der Waals surface area contributed by atoms with Crippen molar-refractivity contribution in [1.82, 2.24) is 19.9 Å². The van der Waals surface area contributed by atoms with Crippen LogP contribution in [0.15, 0.2) is 65.6 Å². The van der Waals surface area contributed by atoms with Gasteiger partial charge in [0.05, 0.1) is 12.1 Å². The third-order valence-corrected chi connectivity index (χ3v) is 6.21. The summed E-state index contributed by atoms with van der Waals surface area (Å²) < 4.78 is 1.84. The highest BCUT2D eigenvalue weighted by molar-refractivity contribution is 7.98. The number of nitrogens with one attached hydrogen (secondary N) is 1. The Balaban J connectivity index is 1.45. The van der Waals surface area contributed by atoms with Gasteiger partial charge >= 0.3 is 0 Å². The van der Waals surface area contributed by atoms with Gasteiger partial charge < -0.3 is 5.32 Å². The van der Waals surface area contributed by atoms with Crippen LogP contribution in [0.1, 0.15) is 22.5 Å². The van der Waals surface area contributed by atoms with Crippen LogP contribution in [0.5, 0.6) is 0 Å². The Labute approximate surface area is 186 Å². The molecule has 0 radical (unpaired) electrons. The number of nitrogens with zero attached hydrogens (tertiary/aromatic N) is 3. The Morgan fingerprint density at radius 2 is 1.81 bits per heavy atom. The third-order valence-electron chi connectivity index (χ3n) is 5.47. The molecule has 0 saturated heterocycles. The maximum Gasteiger partial charge on any atom is 0.224 e. The number of thioether (sulfide) groups is 1. The standard InChI is InChI=1S/C25H26N4OS/c1-17-22(15-25(30)26-14-13-19-9-11-21(31-3)12-10-19)18(2)29-24(27-17)16-23(28-29)20-7-5-4-6-8-20/h4-12,16H,13-15H2,1-3H3,(H,26,30). The molecule has 4 rings (SSSR count). The second-order valence-corrected chi connectivity index (χ2v) is 8.43. The Kier molecular flexibility index (Phi) is 6.37. The minimum Gasteiger partial charge on any atom is -0.355 e. The zero-order valence-corrected chi connectivity index (χ0v) is 18.9. The van der Waals surface area contributed by atoms with E-state index < -0.39 is 0 Å². The fourth-order valence-corrected chi connectivity index (χ4v) is 4.10. The van der Waals surface area contributed by atoms with Crippen molar-refractivity contribution in [2.45, 2.75) is 31.6 Å². The van der Waals surface area contributed by atoms with Crippen LogP contribution >= 0.6 is 11.8 Å². The number of fused-ring (bicyclic) bond motifs is 1. The fourth-order valence-electron chi connectivity index (χ4n) is 3.69. The second kappa shape index (κ2) is 9.35. The topological polar surface area (TPSA) is 59.3 Å². The van der Waals surface area contributed by atoms with E-state index in [0.717, 1.165) is 40.3 Å². The van der Waals surface area contributed by atoms with Crippen LogP contribution in [0.3, 0.4) is 0 Å². The van der Waals surface area contributed by atoms with Gasteiger partial charge in [0.1, 0.15) is 0 Å². The van der Waals surface area contributed by atoms with Gasteiger partial charge in [-0.1, -0.05) is 42.5 Å². The summed E-state index contributed by atoms with van der Waals surface area (Å²) in [5, 5.41) is 7.77. The molecule has 0 bridgehead atoms. The molecule has 0 aliphatic carbocycles. The average Bonchev–Trinajstić information content (AvgIpc) is 3.22. The van der Waals surface area contributed by atoms with E-state index in [9.17, 15) is 4.79 Å². The molecule has 0 atom stereocenters. The van der Waals surface area contributed by atoms with Gasteiger partial charge in [-0.3, -0.25) is 4.79 Å². The highest BCUT2D eigenvalue weighted by Gasteiger charge is 2.15. The van der Waals surface area contributed by atoms with Gasteiger partial charge in [-0.25, -0.2) is 9.50 Å². The summed E-state index contributed by atoms with van der Waals surface area (Å²) in [4.78, 5) is 18.5. The van der Waals surface area contributed by atoms with E-state index in [1.807, 2.05) is 54.8 Å². The first-order chi connectivity index (χ1) is 15.0. The van der Waals surface area contributed by atoms with Crippen molar-refractivity contribution in [3.05, 3.63) is 83.2 Å². The van der Waals surface area contributed by atoms with Crippen LogP contribution in [0.4, 0.5) is 0 Å². The van der Waals surface area contributed by atoms with E-state index in [1.165, 1.54) is 10.5 Å². The highest BCUT2D eigenvalue weighted by atomic mass is 32.2. The molecule has 0 fully saturated rings. The van der Waals surface area contributed by atoms with Gasteiger partial charge in [-0.2, -0.15) is 5.10 Å². The predicted molar refractivity (Wildman–Crippen MR) is 127 cm³/mol. The quantitative estimate of drug-likeness (QED) is 0.434. The van der Waals surface area contributed by atoms with Crippen molar-refractivity contribution in [3.63, 3.8) is 0 Å². The first kappa shape index (κ1) is 21.1. The van der Waals surface area contributed by atoms with Crippen molar-refractivity contribution >= 4 is 23.3 Å². The fraction of sp³-hybridized carbons (Fsp3) is 0.240. The summed E-state index contributed by atoms with van der Waals surface area (Å²) in [6, 6.07) is 20.5. The van der Waals surface area contributed by atoms with E-state index >= 15 is 0 Å². The number of aromatic nitrogens is 3. The van der Waals surface area contributed by atoms with Gasteiger partial charge in [0.15, 0.2) is 5.65 Å². The van der Waals surface area contributed by atoms with Crippen LogP contribution in [0, 0.1) is 13.8 Å². The smallest absolute Gasteiger partial charge is 0.224 e. The van der Waals surface area contributed by atoms with E-state index in [2.05, 4.69) is 35.8 Å². The molecule has 1 N–H and O–H groups in total. The van der Waals surface area contributed by atoms with Gasteiger partial charge in [-0.05, 0) is 44.2 Å². The lowest BCUT2D eigenvalue weighted by Crippen LogP contribution is -2.28. The van der Waals surface area contributed by atoms with E-state index in [0.29, 0.717) is 13.0 Å². The van der Waals surface area contributed by atoms with Crippen molar-refractivity contribution in [2.75, 3.05) is 12.8 Å². The Morgan fingerprint density at radius 1 is 1.06 bits per heavy atom. The SMILES string of the molecule is CSc1ccc(CCNC(=O)Cc2c(C)nc3cc(-c4ccccc4)nn3c2C)cc1. The van der Waals surface area contributed by atoms with Gasteiger partial charge in [0.2, 0.25) is 5.91 Å². The minimum atomic E-state index is 0.00326. The number of amides is 1. The van der Waals surface area contributed by atoms with Crippen LogP contribution in [-0.4, -0.2) is 33.3 Å². The van der Waals surface area contributed by atoms with Gasteiger partial charge in [0.25, 0.3) is 0 Å². The summed E-state index contributed by atoms with van der Waals surface area (Å²) in [7, 11) is 0. The minimum absolute atomic E-state index is 0.00326. The number of carbonyl (C=O) groups is 1. The van der Waals surface area contributed by atoms with Crippen LogP contribution in [0.2, 0.25) is 0 Å². The van der Waals surface area contributed by atoms with Crippen molar-refractivity contribution < 1.29 is 4.79 Å². The van der Waals surface area contributed by atoms with Gasteiger partial charge in [0, 0.05) is 40.0 Å². The Hall–Kier alpha value is -3.12. The molecule has 0 unspecified atom stereocenters. The summed E-state index contributed by atoms with van der Waals surface area (Å²) in [5.41, 5.74) is 6.70. The molecule has 0 spiro atoms. The molecule has 0 aliphatic heterocycles. The van der Waals surface area contributed by atoms with Crippen LogP contribution in [0.25, 0.3) is 16.9 Å². The number of benzene rings is 2. The largest absolute Gasteiger partial charge is 0.355 e. The lowest BCUT2D eigenvalue weighted by atomic mass is 10.1. The summed E-state index contributed by atoms with van der Waals surface area (Å²) >= 11 is 1.73. The lowest BCUT2D eigenvalue weighted by molar-refractivity contribution is -0.120. The molecule has 158 valence electrons. The zero-order valence-electron chi connectivity index (χ0n) is 18.1. The third kappa shape index (κ3) is 4.80. The summed E-state index contributed by atoms with van der Waals surface area (Å²) in [5.74, 6) is 0.00326. The molecule has 6 heteroatoms. The molecule has 2 heterocycles. The molecule has 5 nitrogen and oxygen atoms in total. The number of rotatable bonds is 7. The highest BCUT2D eigenvalue weighted by Crippen LogP contribution is 2.22. The Bertz CT molecular complexity index is 1200. The zero-order chi connectivity index (χ0) is 21.8. The molecule has 31 heavy (non-hydrogen) atoms. The summed E-state index contributed by atoms with van der Waals surface area (Å²) in [6.07, 6.45) is 3.18. The molecular formula is C25H26N4OS. The molecular weight excluding hydrogens is 404 g/mol. The van der Waals surface area contributed by atoms with Gasteiger partial charge in [-0.15, -0.1) is 11.8 Å². The molecule has 0 aliphatic rings. The molecule has 0 saturated carbocycles. The van der Waals surface area contributed by atoms with Crippen molar-refractivity contribution in [3.8, 4) is 11.3 Å².